The van der Waals surface area contributed by atoms with Gasteiger partial charge in [-0.25, -0.2) is 9.97 Å². The fraction of sp³-hybridized carbons (Fsp3) is 0.167. The first kappa shape index (κ1) is 13.0. The molecule has 1 aromatic heterocycles. The van der Waals surface area contributed by atoms with E-state index < -0.39 is 0 Å². The Morgan fingerprint density at radius 3 is 2.83 bits per heavy atom. The average Bonchev–Trinajstić information content (AvgIpc) is 2.34. The molecule has 6 heteroatoms. The fourth-order valence-electron chi connectivity index (χ4n) is 1.48. The van der Waals surface area contributed by atoms with Crippen LogP contribution in [0.25, 0.3) is 0 Å². The Hall–Kier alpha value is -1.46. The number of rotatable bonds is 3. The third kappa shape index (κ3) is 2.86. The zero-order valence-corrected chi connectivity index (χ0v) is 11.6. The largest absolute Gasteiger partial charge is 0.383 e. The van der Waals surface area contributed by atoms with Crippen molar-refractivity contribution in [1.29, 1.82) is 0 Å². The molecule has 0 bridgehead atoms. The van der Waals surface area contributed by atoms with Gasteiger partial charge in [0.15, 0.2) is 5.16 Å². The number of nitrogens with two attached hydrogens (primary N) is 1. The average molecular weight is 281 g/mol. The number of hydrogen-bond donors (Lipinski definition) is 2. The van der Waals surface area contributed by atoms with Gasteiger partial charge in [-0.3, -0.25) is 0 Å². The highest BCUT2D eigenvalue weighted by Crippen LogP contribution is 2.28. The van der Waals surface area contributed by atoms with Gasteiger partial charge in [-0.1, -0.05) is 35.5 Å². The molecule has 3 N–H and O–H groups in total. The van der Waals surface area contributed by atoms with Gasteiger partial charge >= 0.3 is 0 Å². The van der Waals surface area contributed by atoms with Gasteiger partial charge in [-0.2, -0.15) is 0 Å². The first-order chi connectivity index (χ1) is 8.60. The predicted octanol–water partition coefficient (Wildman–Crippen LogP) is 3.49. The number of nitrogens with zero attached hydrogens (tertiary/aromatic N) is 2. The van der Waals surface area contributed by atoms with Gasteiger partial charge in [0, 0.05) is 6.07 Å². The van der Waals surface area contributed by atoms with E-state index in [0.717, 1.165) is 11.3 Å². The Morgan fingerprint density at radius 2 is 2.11 bits per heavy atom. The molecular formula is C12H13ClN4S. The van der Waals surface area contributed by atoms with Gasteiger partial charge in [0.2, 0.25) is 0 Å². The van der Waals surface area contributed by atoms with Crippen LogP contribution >= 0.6 is 23.4 Å². The third-order valence-corrected chi connectivity index (χ3v) is 3.41. The molecular weight excluding hydrogens is 268 g/mol. The molecule has 0 aliphatic rings. The highest BCUT2D eigenvalue weighted by Gasteiger charge is 2.06. The number of halogens is 1. The van der Waals surface area contributed by atoms with Crippen molar-refractivity contribution in [2.75, 3.05) is 17.3 Å². The summed E-state index contributed by atoms with van der Waals surface area (Å²) in [6.45, 7) is 1.95. The van der Waals surface area contributed by atoms with E-state index >= 15 is 0 Å². The lowest BCUT2D eigenvalue weighted by molar-refractivity contribution is 0.984. The number of anilines is 3. The van der Waals surface area contributed by atoms with E-state index in [1.165, 1.54) is 11.8 Å². The third-order valence-electron chi connectivity index (χ3n) is 2.36. The summed E-state index contributed by atoms with van der Waals surface area (Å²) in [4.78, 5) is 8.41. The number of nitrogens with one attached hydrogen (secondary N) is 1. The maximum Gasteiger partial charge on any atom is 0.191 e. The lowest BCUT2D eigenvalue weighted by atomic mass is 10.2. The van der Waals surface area contributed by atoms with E-state index in [1.54, 1.807) is 6.07 Å². The number of aryl methyl sites for hydroxylation is 1. The van der Waals surface area contributed by atoms with Crippen molar-refractivity contribution in [2.45, 2.75) is 12.1 Å². The van der Waals surface area contributed by atoms with Crippen LogP contribution in [0.5, 0.6) is 0 Å². The number of thioether (sulfide) groups is 1. The lowest BCUT2D eigenvalue weighted by Crippen LogP contribution is -2.00. The zero-order valence-electron chi connectivity index (χ0n) is 10.1. The number of aromatic nitrogens is 2. The van der Waals surface area contributed by atoms with E-state index in [4.69, 9.17) is 17.3 Å². The molecule has 0 unspecified atom stereocenters. The number of benzene rings is 1. The lowest BCUT2D eigenvalue weighted by Gasteiger charge is -2.10. The highest BCUT2D eigenvalue weighted by atomic mass is 35.5. The topological polar surface area (TPSA) is 63.8 Å². The van der Waals surface area contributed by atoms with Crippen molar-refractivity contribution in [3.05, 3.63) is 34.9 Å². The maximum atomic E-state index is 6.21. The van der Waals surface area contributed by atoms with Gasteiger partial charge in [-0.15, -0.1) is 0 Å². The second-order valence-electron chi connectivity index (χ2n) is 3.73. The quantitative estimate of drug-likeness (QED) is 0.666. The number of hydrogen-bond acceptors (Lipinski definition) is 5. The summed E-state index contributed by atoms with van der Waals surface area (Å²) < 4.78 is 0. The van der Waals surface area contributed by atoms with Crippen molar-refractivity contribution >= 4 is 40.7 Å². The molecule has 0 saturated heterocycles. The molecule has 0 aliphatic carbocycles. The fourth-order valence-corrected chi connectivity index (χ4v) is 2.04. The molecule has 0 saturated carbocycles. The van der Waals surface area contributed by atoms with E-state index in [9.17, 15) is 0 Å². The predicted molar refractivity (Wildman–Crippen MR) is 77.7 cm³/mol. The van der Waals surface area contributed by atoms with Crippen LogP contribution in [0.15, 0.2) is 29.4 Å². The summed E-state index contributed by atoms with van der Waals surface area (Å²) in [7, 11) is 0. The van der Waals surface area contributed by atoms with Crippen molar-refractivity contribution < 1.29 is 0 Å². The van der Waals surface area contributed by atoms with Crippen LogP contribution in [0.4, 0.5) is 17.3 Å². The molecule has 4 nitrogen and oxygen atoms in total. The number of nitrogen functional groups attached to an aromatic ring is 1. The molecule has 1 heterocycles. The summed E-state index contributed by atoms with van der Waals surface area (Å²) >= 11 is 7.65. The first-order valence-electron chi connectivity index (χ1n) is 5.31. The molecule has 2 rings (SSSR count). The minimum atomic E-state index is 0.431. The van der Waals surface area contributed by atoms with Crippen LogP contribution < -0.4 is 11.1 Å². The maximum absolute atomic E-state index is 6.21. The Bertz CT molecular complexity index is 574. The molecule has 94 valence electrons. The van der Waals surface area contributed by atoms with E-state index in [-0.39, 0.29) is 0 Å². The molecule has 0 fully saturated rings. The molecule has 18 heavy (non-hydrogen) atoms. The first-order valence-corrected chi connectivity index (χ1v) is 6.91. The van der Waals surface area contributed by atoms with Crippen LogP contribution in [0.2, 0.25) is 5.02 Å². The molecule has 1 aromatic carbocycles. The van der Waals surface area contributed by atoms with Gasteiger partial charge in [-0.05, 0) is 24.8 Å². The van der Waals surface area contributed by atoms with Crippen molar-refractivity contribution in [2.24, 2.45) is 0 Å². The standard InChI is InChI=1S/C12H13ClN4S/c1-7-4-3-5-8(11(7)13)15-10-6-9(14)16-12(17-10)18-2/h3-6H,1-2H3,(H3,14,15,16,17). The van der Waals surface area contributed by atoms with Crippen molar-refractivity contribution in [1.82, 2.24) is 9.97 Å². The van der Waals surface area contributed by atoms with Crippen LogP contribution in [0.1, 0.15) is 5.56 Å². The minimum absolute atomic E-state index is 0.431. The summed E-state index contributed by atoms with van der Waals surface area (Å²) in [5, 5.41) is 4.46. The van der Waals surface area contributed by atoms with E-state index in [2.05, 4.69) is 15.3 Å². The Kier molecular flexibility index (Phi) is 3.93. The second kappa shape index (κ2) is 5.46. The normalized spacial score (nSPS) is 10.4. The van der Waals surface area contributed by atoms with E-state index in [1.807, 2.05) is 31.4 Å². The monoisotopic (exact) mass is 280 g/mol. The summed E-state index contributed by atoms with van der Waals surface area (Å²) in [6, 6.07) is 7.46. The molecule has 0 amide bonds. The summed E-state index contributed by atoms with van der Waals surface area (Å²) in [6.07, 6.45) is 1.90. The highest BCUT2D eigenvalue weighted by molar-refractivity contribution is 7.98. The van der Waals surface area contributed by atoms with Crippen LogP contribution in [-0.4, -0.2) is 16.2 Å². The Labute approximate surface area is 115 Å². The molecule has 2 aromatic rings. The van der Waals surface area contributed by atoms with Gasteiger partial charge in [0.05, 0.1) is 10.7 Å². The summed E-state index contributed by atoms with van der Waals surface area (Å²) in [5.41, 5.74) is 7.53. The smallest absolute Gasteiger partial charge is 0.191 e. The SMILES string of the molecule is CSc1nc(N)cc(Nc2cccc(C)c2Cl)n1. The van der Waals surface area contributed by atoms with Crippen LogP contribution in [-0.2, 0) is 0 Å². The Morgan fingerprint density at radius 1 is 1.33 bits per heavy atom. The van der Waals surface area contributed by atoms with Gasteiger partial charge in [0.25, 0.3) is 0 Å². The van der Waals surface area contributed by atoms with Crippen LogP contribution in [0.3, 0.4) is 0 Å². The van der Waals surface area contributed by atoms with E-state index in [0.29, 0.717) is 21.8 Å². The van der Waals surface area contributed by atoms with Crippen molar-refractivity contribution in [3.8, 4) is 0 Å². The second-order valence-corrected chi connectivity index (χ2v) is 4.88. The molecule has 0 spiro atoms. The Balaban J connectivity index is 2.34. The zero-order chi connectivity index (χ0) is 13.1. The summed E-state index contributed by atoms with van der Waals surface area (Å²) in [5.74, 6) is 1.07. The minimum Gasteiger partial charge on any atom is -0.383 e. The van der Waals surface area contributed by atoms with Gasteiger partial charge in [0.1, 0.15) is 11.6 Å². The molecule has 0 radical (unpaired) electrons. The molecule has 0 aliphatic heterocycles. The van der Waals surface area contributed by atoms with Crippen LogP contribution in [0, 0.1) is 6.92 Å². The van der Waals surface area contributed by atoms with Gasteiger partial charge < -0.3 is 11.1 Å². The van der Waals surface area contributed by atoms with Crippen molar-refractivity contribution in [3.63, 3.8) is 0 Å². The molecule has 0 atom stereocenters.